The number of ketones is 1. The van der Waals surface area contributed by atoms with Crippen molar-refractivity contribution in [2.75, 3.05) is 0 Å². The number of carbonyl (C=O) groups is 1. The molecule has 0 aliphatic heterocycles. The molecular weight excluding hydrogens is 248 g/mol. The van der Waals surface area contributed by atoms with E-state index < -0.39 is 0 Å². The molecule has 2 rings (SSSR count). The summed E-state index contributed by atoms with van der Waals surface area (Å²) < 4.78 is 5.74. The highest BCUT2D eigenvalue weighted by molar-refractivity contribution is 6.00. The summed E-state index contributed by atoms with van der Waals surface area (Å²) in [5.74, 6) is 1.45. The number of aryl methyl sites for hydroxylation is 2. The lowest BCUT2D eigenvalue weighted by atomic mass is 9.82. The third kappa shape index (κ3) is 3.41. The van der Waals surface area contributed by atoms with Gasteiger partial charge in [-0.1, -0.05) is 19.3 Å². The lowest BCUT2D eigenvalue weighted by Gasteiger charge is -2.22. The minimum absolute atomic E-state index is 0.161. The van der Waals surface area contributed by atoms with Gasteiger partial charge in [0.15, 0.2) is 5.78 Å². The Morgan fingerprint density at radius 2 is 1.65 bits per heavy atom. The second-order valence-electron chi connectivity index (χ2n) is 6.30. The zero-order valence-electron chi connectivity index (χ0n) is 13.2. The molecule has 0 aromatic heterocycles. The average Bonchev–Trinajstić information content (AvgIpc) is 2.38. The number of rotatable bonds is 4. The van der Waals surface area contributed by atoms with Gasteiger partial charge in [-0.2, -0.15) is 0 Å². The largest absolute Gasteiger partial charge is 0.491 e. The molecular formula is C18H26O2. The van der Waals surface area contributed by atoms with Gasteiger partial charge >= 0.3 is 0 Å². The van der Waals surface area contributed by atoms with Crippen LogP contribution in [-0.2, 0) is 0 Å². The molecule has 1 saturated carbocycles. The fourth-order valence-electron chi connectivity index (χ4n) is 3.22. The van der Waals surface area contributed by atoms with E-state index in [9.17, 15) is 4.79 Å². The number of carbonyl (C=O) groups excluding carboxylic acids is 1. The Morgan fingerprint density at radius 1 is 1.10 bits per heavy atom. The highest BCUT2D eigenvalue weighted by Gasteiger charge is 2.25. The first kappa shape index (κ1) is 15.1. The van der Waals surface area contributed by atoms with Crippen LogP contribution in [0.25, 0.3) is 0 Å². The maximum Gasteiger partial charge on any atom is 0.166 e. The van der Waals surface area contributed by atoms with Gasteiger partial charge in [0, 0.05) is 11.5 Å². The van der Waals surface area contributed by atoms with Crippen LogP contribution < -0.4 is 4.74 Å². The van der Waals surface area contributed by atoms with Gasteiger partial charge in [-0.25, -0.2) is 0 Å². The zero-order valence-corrected chi connectivity index (χ0v) is 13.2. The Balaban J connectivity index is 2.25. The van der Waals surface area contributed by atoms with Crippen molar-refractivity contribution in [1.82, 2.24) is 0 Å². The van der Waals surface area contributed by atoms with Crippen molar-refractivity contribution < 1.29 is 9.53 Å². The molecule has 0 unspecified atom stereocenters. The topological polar surface area (TPSA) is 26.3 Å². The van der Waals surface area contributed by atoms with Gasteiger partial charge in [0.25, 0.3) is 0 Å². The van der Waals surface area contributed by atoms with Gasteiger partial charge in [-0.3, -0.25) is 4.79 Å². The minimum Gasteiger partial charge on any atom is -0.491 e. The lowest BCUT2D eigenvalue weighted by molar-refractivity contribution is 0.0888. The number of ether oxygens (including phenoxy) is 1. The first-order chi connectivity index (χ1) is 9.49. The molecule has 2 heteroatoms. The highest BCUT2D eigenvalue weighted by atomic mass is 16.5. The molecule has 0 spiro atoms. The van der Waals surface area contributed by atoms with Crippen molar-refractivity contribution in [3.63, 3.8) is 0 Å². The summed E-state index contributed by atoms with van der Waals surface area (Å²) in [6, 6.07) is 4.01. The van der Waals surface area contributed by atoms with Crippen LogP contribution in [0.5, 0.6) is 5.75 Å². The predicted molar refractivity (Wildman–Crippen MR) is 82.6 cm³/mol. The van der Waals surface area contributed by atoms with Crippen molar-refractivity contribution in [2.24, 2.45) is 5.92 Å². The fourth-order valence-corrected chi connectivity index (χ4v) is 3.22. The van der Waals surface area contributed by atoms with Gasteiger partial charge in [-0.05, 0) is 63.8 Å². The van der Waals surface area contributed by atoms with Crippen molar-refractivity contribution in [3.05, 3.63) is 28.8 Å². The first-order valence-corrected chi connectivity index (χ1v) is 7.81. The SMILES string of the molecule is Cc1cc(OC(C)C)cc(C)c1C(=O)C1CCCCC1. The first-order valence-electron chi connectivity index (χ1n) is 7.81. The summed E-state index contributed by atoms with van der Waals surface area (Å²) >= 11 is 0. The van der Waals surface area contributed by atoms with Crippen LogP contribution in [0.4, 0.5) is 0 Å². The molecule has 110 valence electrons. The maximum atomic E-state index is 12.7. The number of benzene rings is 1. The van der Waals surface area contributed by atoms with E-state index in [1.165, 1.54) is 19.3 Å². The third-order valence-electron chi connectivity index (χ3n) is 4.10. The van der Waals surface area contributed by atoms with Gasteiger partial charge in [0.1, 0.15) is 5.75 Å². The Bertz CT molecular complexity index is 459. The Labute approximate surface area is 122 Å². The van der Waals surface area contributed by atoms with Crippen molar-refractivity contribution in [3.8, 4) is 5.75 Å². The molecule has 0 heterocycles. The second-order valence-corrected chi connectivity index (χ2v) is 6.30. The molecule has 20 heavy (non-hydrogen) atoms. The molecule has 1 aliphatic rings. The predicted octanol–water partition coefficient (Wildman–Crippen LogP) is 4.85. The van der Waals surface area contributed by atoms with Gasteiger partial charge in [-0.15, -0.1) is 0 Å². The third-order valence-corrected chi connectivity index (χ3v) is 4.10. The number of hydrogen-bond donors (Lipinski definition) is 0. The van der Waals surface area contributed by atoms with E-state index in [-0.39, 0.29) is 12.0 Å². The van der Waals surface area contributed by atoms with Gasteiger partial charge in [0.2, 0.25) is 0 Å². The van der Waals surface area contributed by atoms with Crippen LogP contribution in [0, 0.1) is 19.8 Å². The summed E-state index contributed by atoms with van der Waals surface area (Å²) in [6.45, 7) is 8.09. The minimum atomic E-state index is 0.161. The Hall–Kier alpha value is -1.31. The normalized spacial score (nSPS) is 16.4. The number of Topliss-reactive ketones (excluding diaryl/α,β-unsaturated/α-hetero) is 1. The summed E-state index contributed by atoms with van der Waals surface area (Å²) in [5, 5.41) is 0. The van der Waals surface area contributed by atoms with E-state index in [0.717, 1.165) is 35.3 Å². The molecule has 1 aromatic carbocycles. The Morgan fingerprint density at radius 3 is 2.15 bits per heavy atom. The molecule has 0 radical (unpaired) electrons. The summed E-state index contributed by atoms with van der Waals surface area (Å²) in [6.07, 6.45) is 5.95. The second kappa shape index (κ2) is 6.43. The monoisotopic (exact) mass is 274 g/mol. The summed E-state index contributed by atoms with van der Waals surface area (Å²) in [5.41, 5.74) is 3.03. The quantitative estimate of drug-likeness (QED) is 0.733. The van der Waals surface area contributed by atoms with Gasteiger partial charge in [0.05, 0.1) is 6.10 Å². The molecule has 0 bridgehead atoms. The van der Waals surface area contributed by atoms with Crippen LogP contribution >= 0.6 is 0 Å². The summed E-state index contributed by atoms with van der Waals surface area (Å²) in [4.78, 5) is 12.7. The van der Waals surface area contributed by atoms with E-state index in [0.29, 0.717) is 5.78 Å². The van der Waals surface area contributed by atoms with Crippen molar-refractivity contribution >= 4 is 5.78 Å². The molecule has 1 aliphatic carbocycles. The molecule has 0 amide bonds. The van der Waals surface area contributed by atoms with E-state index in [1.807, 2.05) is 39.8 Å². The number of hydrogen-bond acceptors (Lipinski definition) is 2. The lowest BCUT2D eigenvalue weighted by Crippen LogP contribution is -2.20. The molecule has 0 saturated heterocycles. The molecule has 0 atom stereocenters. The average molecular weight is 274 g/mol. The van der Waals surface area contributed by atoms with E-state index in [4.69, 9.17) is 4.74 Å². The molecule has 1 fully saturated rings. The maximum absolute atomic E-state index is 12.7. The smallest absolute Gasteiger partial charge is 0.166 e. The van der Waals surface area contributed by atoms with Crippen LogP contribution in [0.15, 0.2) is 12.1 Å². The van der Waals surface area contributed by atoms with Crippen molar-refractivity contribution in [1.29, 1.82) is 0 Å². The van der Waals surface area contributed by atoms with E-state index in [2.05, 4.69) is 0 Å². The standard InChI is InChI=1S/C18H26O2/c1-12(2)20-16-10-13(3)17(14(4)11-16)18(19)15-8-6-5-7-9-15/h10-12,15H,5-9H2,1-4H3. The van der Waals surface area contributed by atoms with Crippen molar-refractivity contribution in [2.45, 2.75) is 65.9 Å². The summed E-state index contributed by atoms with van der Waals surface area (Å²) in [7, 11) is 0. The molecule has 2 nitrogen and oxygen atoms in total. The van der Waals surface area contributed by atoms with Crippen LogP contribution in [0.2, 0.25) is 0 Å². The van der Waals surface area contributed by atoms with E-state index >= 15 is 0 Å². The van der Waals surface area contributed by atoms with Crippen LogP contribution in [0.3, 0.4) is 0 Å². The van der Waals surface area contributed by atoms with Crippen LogP contribution in [0.1, 0.15) is 67.4 Å². The van der Waals surface area contributed by atoms with E-state index in [1.54, 1.807) is 0 Å². The fraction of sp³-hybridized carbons (Fsp3) is 0.611. The van der Waals surface area contributed by atoms with Gasteiger partial charge < -0.3 is 4.74 Å². The molecule has 1 aromatic rings. The zero-order chi connectivity index (χ0) is 14.7. The Kier molecular flexibility index (Phi) is 4.85. The van der Waals surface area contributed by atoms with Crippen LogP contribution in [-0.4, -0.2) is 11.9 Å². The molecule has 0 N–H and O–H groups in total. The highest BCUT2D eigenvalue weighted by Crippen LogP contribution is 2.31.